The van der Waals surface area contributed by atoms with E-state index in [1.54, 1.807) is 10.9 Å². The molecule has 5 nitrogen and oxygen atoms in total. The predicted octanol–water partition coefficient (Wildman–Crippen LogP) is 4.38. The molecule has 0 aliphatic carbocycles. The Bertz CT molecular complexity index is 994. The van der Waals surface area contributed by atoms with E-state index < -0.39 is 11.7 Å². The molecule has 4 rings (SSSR count). The van der Waals surface area contributed by atoms with Crippen molar-refractivity contribution >= 4 is 0 Å². The molecule has 1 saturated heterocycles. The monoisotopic (exact) mass is 402 g/mol. The highest BCUT2D eigenvalue weighted by Crippen LogP contribution is 2.32. The Hall–Kier alpha value is -2.74. The van der Waals surface area contributed by atoms with Crippen LogP contribution in [0.25, 0.3) is 11.3 Å². The number of alkyl halides is 3. The molecule has 0 bridgehead atoms. The molecule has 0 amide bonds. The standard InChI is InChI=1S/C21H21F3N4O/c1-28-13-16(12-26-28)20-9-15(14-3-6-29-7-4-14)8-19(27-20)11-18-10-17(2-5-25-18)21(22,23)24/h2,5,8-10,12-14H,3-4,6-7,11H2,1H3. The first-order valence-corrected chi connectivity index (χ1v) is 9.48. The molecule has 1 aliphatic rings. The average Bonchev–Trinajstić information content (AvgIpc) is 3.14. The first-order valence-electron chi connectivity index (χ1n) is 9.48. The molecule has 1 aliphatic heterocycles. The molecule has 0 N–H and O–H groups in total. The molecule has 8 heteroatoms. The lowest BCUT2D eigenvalue weighted by molar-refractivity contribution is -0.137. The summed E-state index contributed by atoms with van der Waals surface area (Å²) in [4.78, 5) is 8.81. The minimum absolute atomic E-state index is 0.230. The number of ether oxygens (including phenoxy) is 1. The number of halogens is 3. The fourth-order valence-electron chi connectivity index (χ4n) is 3.61. The van der Waals surface area contributed by atoms with E-state index in [1.807, 2.05) is 19.3 Å². The number of pyridine rings is 2. The van der Waals surface area contributed by atoms with E-state index in [0.717, 1.165) is 41.8 Å². The maximum absolute atomic E-state index is 13.0. The van der Waals surface area contributed by atoms with E-state index in [1.165, 1.54) is 6.20 Å². The van der Waals surface area contributed by atoms with Crippen molar-refractivity contribution in [2.45, 2.75) is 31.4 Å². The van der Waals surface area contributed by atoms with E-state index in [-0.39, 0.29) is 6.42 Å². The molecule has 0 spiro atoms. The van der Waals surface area contributed by atoms with Gasteiger partial charge in [-0.2, -0.15) is 18.3 Å². The largest absolute Gasteiger partial charge is 0.416 e. The van der Waals surface area contributed by atoms with Gasteiger partial charge in [-0.3, -0.25) is 14.6 Å². The Morgan fingerprint density at radius 1 is 1.14 bits per heavy atom. The van der Waals surface area contributed by atoms with Gasteiger partial charge in [-0.1, -0.05) is 0 Å². The zero-order valence-electron chi connectivity index (χ0n) is 16.0. The van der Waals surface area contributed by atoms with Crippen LogP contribution in [0.1, 0.15) is 41.3 Å². The summed E-state index contributed by atoms with van der Waals surface area (Å²) in [7, 11) is 1.83. The Morgan fingerprint density at radius 3 is 2.62 bits per heavy atom. The first kappa shape index (κ1) is 19.6. The summed E-state index contributed by atoms with van der Waals surface area (Å²) in [6.07, 6.45) is 2.48. The second-order valence-corrected chi connectivity index (χ2v) is 7.28. The topological polar surface area (TPSA) is 52.8 Å². The molecule has 152 valence electrons. The third kappa shape index (κ3) is 4.64. The highest BCUT2D eigenvalue weighted by atomic mass is 19.4. The van der Waals surface area contributed by atoms with Crippen molar-refractivity contribution in [3.05, 3.63) is 65.4 Å². The molecular formula is C21H21F3N4O. The lowest BCUT2D eigenvalue weighted by Gasteiger charge is -2.23. The van der Waals surface area contributed by atoms with Crippen LogP contribution in [0.5, 0.6) is 0 Å². The SMILES string of the molecule is Cn1cc(-c2cc(C3CCOCC3)cc(Cc3cc(C(F)(F)F)ccn3)n2)cn1. The van der Waals surface area contributed by atoms with Gasteiger partial charge in [-0.15, -0.1) is 0 Å². The van der Waals surface area contributed by atoms with Gasteiger partial charge in [0.15, 0.2) is 0 Å². The molecule has 0 atom stereocenters. The quantitative estimate of drug-likeness (QED) is 0.650. The summed E-state index contributed by atoms with van der Waals surface area (Å²) >= 11 is 0. The third-order valence-electron chi connectivity index (χ3n) is 5.10. The molecule has 0 unspecified atom stereocenters. The summed E-state index contributed by atoms with van der Waals surface area (Å²) in [5.74, 6) is 0.343. The second kappa shape index (κ2) is 7.94. The summed E-state index contributed by atoms with van der Waals surface area (Å²) in [6.45, 7) is 1.42. The highest BCUT2D eigenvalue weighted by Gasteiger charge is 2.30. The van der Waals surface area contributed by atoms with Crippen LogP contribution in [0.4, 0.5) is 13.2 Å². The van der Waals surface area contributed by atoms with Gasteiger partial charge in [0.05, 0.1) is 17.5 Å². The zero-order valence-corrected chi connectivity index (χ0v) is 16.0. The Labute approximate surface area is 166 Å². The van der Waals surface area contributed by atoms with E-state index in [4.69, 9.17) is 9.72 Å². The number of hydrogen-bond donors (Lipinski definition) is 0. The molecule has 0 radical (unpaired) electrons. The van der Waals surface area contributed by atoms with E-state index in [0.29, 0.717) is 30.5 Å². The van der Waals surface area contributed by atoms with Crippen LogP contribution in [0.3, 0.4) is 0 Å². The molecule has 0 saturated carbocycles. The first-order chi connectivity index (χ1) is 13.9. The molecule has 3 aromatic heterocycles. The lowest BCUT2D eigenvalue weighted by Crippen LogP contribution is -2.15. The van der Waals surface area contributed by atoms with Crippen LogP contribution >= 0.6 is 0 Å². The van der Waals surface area contributed by atoms with Gasteiger partial charge in [0, 0.05) is 56.0 Å². The summed E-state index contributed by atoms with van der Waals surface area (Å²) < 4.78 is 46.3. The molecule has 29 heavy (non-hydrogen) atoms. The number of hydrogen-bond acceptors (Lipinski definition) is 4. The van der Waals surface area contributed by atoms with Crippen molar-refractivity contribution in [1.29, 1.82) is 0 Å². The summed E-state index contributed by atoms with van der Waals surface area (Å²) in [5, 5.41) is 4.21. The van der Waals surface area contributed by atoms with Gasteiger partial charge in [-0.25, -0.2) is 0 Å². The summed E-state index contributed by atoms with van der Waals surface area (Å²) in [6, 6.07) is 6.11. The van der Waals surface area contributed by atoms with E-state index >= 15 is 0 Å². The third-order valence-corrected chi connectivity index (χ3v) is 5.10. The van der Waals surface area contributed by atoms with Crippen molar-refractivity contribution in [2.75, 3.05) is 13.2 Å². The van der Waals surface area contributed by atoms with Crippen molar-refractivity contribution in [2.24, 2.45) is 7.05 Å². The molecule has 3 aromatic rings. The van der Waals surface area contributed by atoms with E-state index in [2.05, 4.69) is 16.1 Å². The van der Waals surface area contributed by atoms with Crippen LogP contribution < -0.4 is 0 Å². The van der Waals surface area contributed by atoms with Crippen LogP contribution in [-0.2, 0) is 24.4 Å². The second-order valence-electron chi connectivity index (χ2n) is 7.28. The fourth-order valence-corrected chi connectivity index (χ4v) is 3.61. The van der Waals surface area contributed by atoms with Crippen LogP contribution in [0.2, 0.25) is 0 Å². The zero-order chi connectivity index (χ0) is 20.4. The van der Waals surface area contributed by atoms with Crippen LogP contribution in [-0.4, -0.2) is 33.0 Å². The van der Waals surface area contributed by atoms with Gasteiger partial charge in [0.2, 0.25) is 0 Å². The van der Waals surface area contributed by atoms with Crippen LogP contribution in [0.15, 0.2) is 42.9 Å². The molecule has 1 fully saturated rings. The van der Waals surface area contributed by atoms with Gasteiger partial charge in [0.25, 0.3) is 0 Å². The lowest BCUT2D eigenvalue weighted by atomic mass is 9.90. The van der Waals surface area contributed by atoms with Crippen molar-refractivity contribution in [1.82, 2.24) is 19.7 Å². The molecule has 0 aromatic carbocycles. The number of aromatic nitrogens is 4. The number of nitrogens with zero attached hydrogens (tertiary/aromatic N) is 4. The van der Waals surface area contributed by atoms with Crippen molar-refractivity contribution in [3.63, 3.8) is 0 Å². The maximum atomic E-state index is 13.0. The Morgan fingerprint density at radius 2 is 1.93 bits per heavy atom. The van der Waals surface area contributed by atoms with Crippen LogP contribution in [0, 0.1) is 0 Å². The Kier molecular flexibility index (Phi) is 5.36. The fraction of sp³-hybridized carbons (Fsp3) is 0.381. The van der Waals surface area contributed by atoms with Crippen molar-refractivity contribution < 1.29 is 17.9 Å². The maximum Gasteiger partial charge on any atom is 0.416 e. The molecule has 4 heterocycles. The highest BCUT2D eigenvalue weighted by molar-refractivity contribution is 5.58. The Balaban J connectivity index is 1.70. The predicted molar refractivity (Wildman–Crippen MR) is 101 cm³/mol. The minimum Gasteiger partial charge on any atom is -0.381 e. The van der Waals surface area contributed by atoms with Gasteiger partial charge < -0.3 is 4.74 Å². The minimum atomic E-state index is -4.39. The van der Waals surface area contributed by atoms with Gasteiger partial charge in [-0.05, 0) is 48.6 Å². The molecular weight excluding hydrogens is 381 g/mol. The number of aryl methyl sites for hydroxylation is 1. The van der Waals surface area contributed by atoms with Gasteiger partial charge >= 0.3 is 6.18 Å². The smallest absolute Gasteiger partial charge is 0.381 e. The normalized spacial score (nSPS) is 15.6. The van der Waals surface area contributed by atoms with E-state index in [9.17, 15) is 13.2 Å². The average molecular weight is 402 g/mol. The summed E-state index contributed by atoms with van der Waals surface area (Å²) in [5.41, 5.74) is 3.11. The van der Waals surface area contributed by atoms with Gasteiger partial charge in [0.1, 0.15) is 0 Å². The van der Waals surface area contributed by atoms with Crippen molar-refractivity contribution in [3.8, 4) is 11.3 Å². The number of rotatable bonds is 4.